The number of rotatable bonds is 5. The minimum Gasteiger partial charge on any atom is -0.334 e. The van der Waals surface area contributed by atoms with Gasteiger partial charge in [-0.15, -0.1) is 0 Å². The Hall–Kier alpha value is -1.42. The van der Waals surface area contributed by atoms with Gasteiger partial charge in [-0.3, -0.25) is 9.78 Å². The number of carbonyl (C=O) groups is 1. The summed E-state index contributed by atoms with van der Waals surface area (Å²) in [4.78, 5) is 19.8. The summed E-state index contributed by atoms with van der Waals surface area (Å²) in [5.74, 6) is 0.939. The molecule has 2 fully saturated rings. The number of nitrogens with one attached hydrogen (secondary N) is 1. The molecule has 25 heavy (non-hydrogen) atoms. The van der Waals surface area contributed by atoms with Crippen LogP contribution < -0.4 is 5.32 Å². The minimum absolute atomic E-state index is 0.351. The molecule has 0 aromatic carbocycles. The molecule has 1 aliphatic carbocycles. The summed E-state index contributed by atoms with van der Waals surface area (Å²) in [7, 11) is 0. The highest BCUT2D eigenvalue weighted by molar-refractivity contribution is 5.76. The molecule has 4 heteroatoms. The summed E-state index contributed by atoms with van der Waals surface area (Å²) >= 11 is 0. The Labute approximate surface area is 152 Å². The summed E-state index contributed by atoms with van der Waals surface area (Å²) < 4.78 is 0. The first-order valence-electron chi connectivity index (χ1n) is 10.2. The predicted molar refractivity (Wildman–Crippen MR) is 101 cm³/mol. The number of nitrogens with zero attached hydrogens (tertiary/aromatic N) is 2. The SMILES string of the molecule is O=C(CC1CCCCCC1)N(Cc1ccccn1)C1CCCNCC1. The molecule has 0 spiro atoms. The van der Waals surface area contributed by atoms with Crippen molar-refractivity contribution in [3.05, 3.63) is 30.1 Å². The van der Waals surface area contributed by atoms with Gasteiger partial charge in [0.25, 0.3) is 0 Å². The van der Waals surface area contributed by atoms with Crippen LogP contribution in [0, 0.1) is 5.92 Å². The van der Waals surface area contributed by atoms with E-state index >= 15 is 0 Å². The lowest BCUT2D eigenvalue weighted by Gasteiger charge is -2.32. The molecule has 1 amide bonds. The summed E-state index contributed by atoms with van der Waals surface area (Å²) in [6.07, 6.45) is 13.6. The number of hydrogen-bond acceptors (Lipinski definition) is 3. The van der Waals surface area contributed by atoms with Crippen molar-refractivity contribution in [1.29, 1.82) is 0 Å². The van der Waals surface area contributed by atoms with Crippen molar-refractivity contribution in [2.45, 2.75) is 76.8 Å². The minimum atomic E-state index is 0.351. The third-order valence-electron chi connectivity index (χ3n) is 5.80. The van der Waals surface area contributed by atoms with Crippen molar-refractivity contribution in [1.82, 2.24) is 15.2 Å². The van der Waals surface area contributed by atoms with E-state index in [4.69, 9.17) is 0 Å². The van der Waals surface area contributed by atoms with Crippen LogP contribution in [0.2, 0.25) is 0 Å². The van der Waals surface area contributed by atoms with Gasteiger partial charge in [0.15, 0.2) is 0 Å². The Bertz CT molecular complexity index is 503. The molecule has 1 unspecified atom stereocenters. The van der Waals surface area contributed by atoms with Crippen LogP contribution in [-0.4, -0.2) is 34.9 Å². The number of carbonyl (C=O) groups excluding carboxylic acids is 1. The van der Waals surface area contributed by atoms with Crippen LogP contribution in [0.5, 0.6) is 0 Å². The normalized spacial score (nSPS) is 22.8. The van der Waals surface area contributed by atoms with Crippen LogP contribution in [0.25, 0.3) is 0 Å². The van der Waals surface area contributed by atoms with Crippen LogP contribution in [-0.2, 0) is 11.3 Å². The molecule has 0 radical (unpaired) electrons. The Morgan fingerprint density at radius 1 is 1.04 bits per heavy atom. The highest BCUT2D eigenvalue weighted by Gasteiger charge is 2.27. The van der Waals surface area contributed by atoms with E-state index in [1.165, 1.54) is 38.5 Å². The van der Waals surface area contributed by atoms with Crippen LogP contribution in [0.3, 0.4) is 0 Å². The fraction of sp³-hybridized carbons (Fsp3) is 0.714. The van der Waals surface area contributed by atoms with Gasteiger partial charge in [0, 0.05) is 18.7 Å². The zero-order chi connectivity index (χ0) is 17.3. The standard InChI is InChI=1S/C21H33N3O/c25-21(16-18-8-3-1-2-4-9-18)24(17-19-10-5-6-14-23-19)20-11-7-13-22-15-12-20/h5-6,10,14,18,20,22H,1-4,7-9,11-13,15-17H2. The smallest absolute Gasteiger partial charge is 0.223 e. The molecule has 1 N–H and O–H groups in total. The summed E-state index contributed by atoms with van der Waals surface area (Å²) in [5.41, 5.74) is 1.01. The number of pyridine rings is 1. The second-order valence-corrected chi connectivity index (χ2v) is 7.74. The second kappa shape index (κ2) is 9.91. The monoisotopic (exact) mass is 343 g/mol. The molecule has 1 saturated carbocycles. The first-order valence-corrected chi connectivity index (χ1v) is 10.2. The molecule has 1 atom stereocenters. The second-order valence-electron chi connectivity index (χ2n) is 7.74. The van der Waals surface area contributed by atoms with Crippen LogP contribution >= 0.6 is 0 Å². The molecule has 1 aromatic rings. The average molecular weight is 344 g/mol. The van der Waals surface area contributed by atoms with E-state index in [0.29, 0.717) is 24.4 Å². The van der Waals surface area contributed by atoms with E-state index < -0.39 is 0 Å². The van der Waals surface area contributed by atoms with Gasteiger partial charge in [0.1, 0.15) is 0 Å². The van der Waals surface area contributed by atoms with Crippen LogP contribution in [0.15, 0.2) is 24.4 Å². The molecule has 138 valence electrons. The van der Waals surface area contributed by atoms with E-state index in [0.717, 1.165) is 44.5 Å². The predicted octanol–water partition coefficient (Wildman–Crippen LogP) is 3.91. The van der Waals surface area contributed by atoms with Crippen molar-refractivity contribution < 1.29 is 4.79 Å². The van der Waals surface area contributed by atoms with E-state index in [9.17, 15) is 4.79 Å². The summed E-state index contributed by atoms with van der Waals surface area (Å²) in [6.45, 7) is 2.75. The lowest BCUT2D eigenvalue weighted by molar-refractivity contribution is -0.135. The van der Waals surface area contributed by atoms with Gasteiger partial charge >= 0.3 is 0 Å². The molecule has 1 aliphatic heterocycles. The highest BCUT2D eigenvalue weighted by atomic mass is 16.2. The van der Waals surface area contributed by atoms with Crippen molar-refractivity contribution in [2.75, 3.05) is 13.1 Å². The molecule has 0 bridgehead atoms. The molecule has 3 rings (SSSR count). The molecular formula is C21H33N3O. The highest BCUT2D eigenvalue weighted by Crippen LogP contribution is 2.27. The third-order valence-corrected chi connectivity index (χ3v) is 5.80. The Morgan fingerprint density at radius 3 is 2.64 bits per heavy atom. The molecular weight excluding hydrogens is 310 g/mol. The number of hydrogen-bond donors (Lipinski definition) is 1. The zero-order valence-corrected chi connectivity index (χ0v) is 15.5. The molecule has 4 nitrogen and oxygen atoms in total. The maximum absolute atomic E-state index is 13.2. The zero-order valence-electron chi connectivity index (χ0n) is 15.5. The third kappa shape index (κ3) is 5.81. The van der Waals surface area contributed by atoms with Gasteiger partial charge in [-0.1, -0.05) is 31.7 Å². The molecule has 2 aliphatic rings. The van der Waals surface area contributed by atoms with Crippen molar-refractivity contribution in [2.24, 2.45) is 5.92 Å². The molecule has 1 saturated heterocycles. The number of amides is 1. The van der Waals surface area contributed by atoms with Crippen LogP contribution in [0.4, 0.5) is 0 Å². The van der Waals surface area contributed by atoms with Gasteiger partial charge in [0.05, 0.1) is 12.2 Å². The lowest BCUT2D eigenvalue weighted by Crippen LogP contribution is -2.41. The summed E-state index contributed by atoms with van der Waals surface area (Å²) in [5, 5.41) is 3.47. The van der Waals surface area contributed by atoms with Gasteiger partial charge < -0.3 is 10.2 Å². The van der Waals surface area contributed by atoms with E-state index in [1.807, 2.05) is 24.4 Å². The fourth-order valence-corrected chi connectivity index (χ4v) is 4.33. The Kier molecular flexibility index (Phi) is 7.28. The van der Waals surface area contributed by atoms with E-state index in [2.05, 4.69) is 15.2 Å². The van der Waals surface area contributed by atoms with E-state index in [1.54, 1.807) is 0 Å². The fourth-order valence-electron chi connectivity index (χ4n) is 4.33. The lowest BCUT2D eigenvalue weighted by atomic mass is 9.95. The van der Waals surface area contributed by atoms with E-state index in [-0.39, 0.29) is 0 Å². The van der Waals surface area contributed by atoms with Gasteiger partial charge in [-0.2, -0.15) is 0 Å². The van der Waals surface area contributed by atoms with Crippen molar-refractivity contribution >= 4 is 5.91 Å². The molecule has 1 aromatic heterocycles. The molecule has 2 heterocycles. The Balaban J connectivity index is 1.68. The Morgan fingerprint density at radius 2 is 1.88 bits per heavy atom. The van der Waals surface area contributed by atoms with Gasteiger partial charge in [-0.05, 0) is 63.2 Å². The first kappa shape index (κ1) is 18.4. The maximum atomic E-state index is 13.2. The van der Waals surface area contributed by atoms with Crippen molar-refractivity contribution in [3.8, 4) is 0 Å². The van der Waals surface area contributed by atoms with Crippen LogP contribution in [0.1, 0.15) is 69.9 Å². The average Bonchev–Trinajstić information content (AvgIpc) is 3.05. The topological polar surface area (TPSA) is 45.2 Å². The van der Waals surface area contributed by atoms with Crippen molar-refractivity contribution in [3.63, 3.8) is 0 Å². The maximum Gasteiger partial charge on any atom is 0.223 e. The number of aromatic nitrogens is 1. The first-order chi connectivity index (χ1) is 12.3. The summed E-state index contributed by atoms with van der Waals surface area (Å²) in [6, 6.07) is 6.36. The van der Waals surface area contributed by atoms with Gasteiger partial charge in [-0.25, -0.2) is 0 Å². The van der Waals surface area contributed by atoms with Gasteiger partial charge in [0.2, 0.25) is 5.91 Å². The largest absolute Gasteiger partial charge is 0.334 e. The quantitative estimate of drug-likeness (QED) is 0.824.